The number of benzene rings is 10. The summed E-state index contributed by atoms with van der Waals surface area (Å²) in [6.45, 7) is 9.48. The molecule has 0 bridgehead atoms. The van der Waals surface area contributed by atoms with Crippen LogP contribution in [0.25, 0.3) is 87.7 Å². The van der Waals surface area contributed by atoms with Gasteiger partial charge in [-0.1, -0.05) is 161 Å². The maximum absolute atomic E-state index is 2.75. The topological polar surface area (TPSA) is 15.8 Å². The van der Waals surface area contributed by atoms with Crippen LogP contribution in [-0.4, -0.2) is 8.97 Å². The van der Waals surface area contributed by atoms with E-state index in [2.05, 4.69) is 259 Å². The Labute approximate surface area is 442 Å². The highest BCUT2D eigenvalue weighted by molar-refractivity contribution is 6.30. The predicted octanol–water partition coefficient (Wildman–Crippen LogP) is 19.6. The van der Waals surface area contributed by atoms with Gasteiger partial charge in [-0.15, -0.1) is 0 Å². The fraction of sp³-hybridized carbons (Fsp3) is 0.139. The van der Waals surface area contributed by atoms with E-state index in [0.717, 1.165) is 24.2 Å². The third kappa shape index (κ3) is 5.38. The summed E-state index contributed by atoms with van der Waals surface area (Å²) in [7, 11) is 0. The minimum atomic E-state index is -0.0694. The van der Waals surface area contributed by atoms with Crippen LogP contribution < -0.4 is 9.80 Å². The molecule has 17 rings (SSSR count). The van der Waals surface area contributed by atoms with Crippen molar-refractivity contribution in [3.05, 3.63) is 240 Å². The van der Waals surface area contributed by atoms with Gasteiger partial charge in [0.25, 0.3) is 0 Å². The summed E-state index contributed by atoms with van der Waals surface area (Å²) < 4.78 is 5.34. The minimum absolute atomic E-state index is 0.0610. The van der Waals surface area contributed by atoms with Gasteiger partial charge in [0.05, 0.1) is 45.0 Å². The van der Waals surface area contributed by atoms with E-state index in [4.69, 9.17) is 0 Å². The SMILES string of the molecule is CC1(C)c2ccccc2-c2cc(N(c3ccccc3)c3ccc4c5cc6c(cc5n5c4c3C3=CCCCC35)c3ccc(N(c4ccccc4)c4ccc5c(c4)-c4ccccc4C5(C)C)c4c5ccccc5n6c34)ccc21. The second-order valence-corrected chi connectivity index (χ2v) is 23.1. The Hall–Kier alpha value is -8.86. The van der Waals surface area contributed by atoms with Crippen LogP contribution in [0.3, 0.4) is 0 Å². The molecule has 10 aromatic carbocycles. The number of hydrogen-bond acceptors (Lipinski definition) is 2. The lowest BCUT2D eigenvalue weighted by Gasteiger charge is -2.29. The molecule has 4 heteroatoms. The molecule has 13 aromatic rings. The van der Waals surface area contributed by atoms with Gasteiger partial charge in [0.15, 0.2) is 0 Å². The molecule has 76 heavy (non-hydrogen) atoms. The first-order valence-corrected chi connectivity index (χ1v) is 27.4. The summed E-state index contributed by atoms with van der Waals surface area (Å²) in [5.41, 5.74) is 27.1. The molecule has 1 atom stereocenters. The van der Waals surface area contributed by atoms with Gasteiger partial charge in [-0.3, -0.25) is 0 Å². The number of rotatable bonds is 6. The van der Waals surface area contributed by atoms with Crippen LogP contribution in [-0.2, 0) is 10.8 Å². The fourth-order valence-corrected chi connectivity index (χ4v) is 15.2. The van der Waals surface area contributed by atoms with E-state index < -0.39 is 0 Å². The highest BCUT2D eigenvalue weighted by atomic mass is 15.2. The first-order chi connectivity index (χ1) is 37.3. The predicted molar refractivity (Wildman–Crippen MR) is 319 cm³/mol. The average Bonchev–Trinajstić information content (AvgIpc) is 4.33. The molecule has 0 fully saturated rings. The number of allylic oxidation sites excluding steroid dienone is 2. The lowest BCUT2D eigenvalue weighted by Crippen LogP contribution is -2.16. The molecule has 3 aliphatic carbocycles. The van der Waals surface area contributed by atoms with Crippen LogP contribution in [0.5, 0.6) is 0 Å². The van der Waals surface area contributed by atoms with Crippen molar-refractivity contribution in [1.29, 1.82) is 0 Å². The van der Waals surface area contributed by atoms with Gasteiger partial charge in [-0.2, -0.15) is 0 Å². The maximum atomic E-state index is 2.75. The second kappa shape index (κ2) is 14.9. The quantitative estimate of drug-likeness (QED) is 0.165. The molecule has 362 valence electrons. The van der Waals surface area contributed by atoms with Gasteiger partial charge in [0.2, 0.25) is 0 Å². The summed E-state index contributed by atoms with van der Waals surface area (Å²) in [5.74, 6) is 0. The van der Waals surface area contributed by atoms with Crippen molar-refractivity contribution in [2.45, 2.75) is 63.8 Å². The molecule has 4 nitrogen and oxygen atoms in total. The second-order valence-electron chi connectivity index (χ2n) is 23.1. The summed E-state index contributed by atoms with van der Waals surface area (Å²) in [6, 6.07) is 78.6. The molecule has 4 aliphatic rings. The van der Waals surface area contributed by atoms with Crippen LogP contribution in [0.4, 0.5) is 34.1 Å². The number of anilines is 6. The van der Waals surface area contributed by atoms with Gasteiger partial charge >= 0.3 is 0 Å². The zero-order valence-corrected chi connectivity index (χ0v) is 43.2. The Morgan fingerprint density at radius 1 is 0.408 bits per heavy atom. The van der Waals surface area contributed by atoms with Gasteiger partial charge < -0.3 is 18.8 Å². The minimum Gasteiger partial charge on any atom is -0.332 e. The van der Waals surface area contributed by atoms with Crippen molar-refractivity contribution in [2.24, 2.45) is 0 Å². The van der Waals surface area contributed by atoms with Crippen LogP contribution in [0, 0.1) is 0 Å². The molecule has 0 radical (unpaired) electrons. The van der Waals surface area contributed by atoms with Crippen molar-refractivity contribution in [1.82, 2.24) is 8.97 Å². The van der Waals surface area contributed by atoms with Crippen LogP contribution in [0.2, 0.25) is 0 Å². The van der Waals surface area contributed by atoms with E-state index >= 15 is 0 Å². The fourth-order valence-electron chi connectivity index (χ4n) is 15.2. The van der Waals surface area contributed by atoms with Crippen molar-refractivity contribution < 1.29 is 0 Å². The zero-order chi connectivity index (χ0) is 50.3. The van der Waals surface area contributed by atoms with Gasteiger partial charge in [-0.25, -0.2) is 0 Å². The van der Waals surface area contributed by atoms with Gasteiger partial charge in [0, 0.05) is 71.5 Å². The van der Waals surface area contributed by atoms with Crippen LogP contribution in [0.1, 0.15) is 80.8 Å². The van der Waals surface area contributed by atoms with E-state index in [1.165, 1.54) is 145 Å². The summed E-state index contributed by atoms with van der Waals surface area (Å²) in [6.07, 6.45) is 5.97. The maximum Gasteiger partial charge on any atom is 0.0641 e. The Balaban J connectivity index is 0.898. The molecular formula is C72H54N4. The number of nitrogens with zero attached hydrogens (tertiary/aromatic N) is 4. The normalized spacial score (nSPS) is 16.4. The number of aromatic nitrogens is 2. The van der Waals surface area contributed by atoms with Crippen molar-refractivity contribution >= 4 is 99.6 Å². The van der Waals surface area contributed by atoms with Crippen molar-refractivity contribution in [3.8, 4) is 22.3 Å². The van der Waals surface area contributed by atoms with E-state index in [0.29, 0.717) is 0 Å². The van der Waals surface area contributed by atoms with Crippen LogP contribution in [0.15, 0.2) is 212 Å². The Morgan fingerprint density at radius 2 is 0.934 bits per heavy atom. The van der Waals surface area contributed by atoms with Crippen LogP contribution >= 0.6 is 0 Å². The monoisotopic (exact) mass is 974 g/mol. The molecule has 0 saturated heterocycles. The lowest BCUT2D eigenvalue weighted by atomic mass is 9.82. The Kier molecular flexibility index (Phi) is 8.34. The highest BCUT2D eigenvalue weighted by Gasteiger charge is 2.40. The lowest BCUT2D eigenvalue weighted by molar-refractivity contribution is 0.570. The molecule has 3 aromatic heterocycles. The summed E-state index contributed by atoms with van der Waals surface area (Å²) in [4.78, 5) is 5.05. The highest BCUT2D eigenvalue weighted by Crippen LogP contribution is 2.58. The van der Waals surface area contributed by atoms with E-state index in [1.54, 1.807) is 0 Å². The molecule has 0 saturated carbocycles. The Morgan fingerprint density at radius 3 is 1.59 bits per heavy atom. The number of hydrogen-bond donors (Lipinski definition) is 0. The molecule has 0 N–H and O–H groups in total. The number of fused-ring (bicyclic) bond motifs is 18. The molecular weight excluding hydrogens is 921 g/mol. The largest absolute Gasteiger partial charge is 0.332 e. The Bertz CT molecular complexity index is 4680. The first kappa shape index (κ1) is 42.5. The van der Waals surface area contributed by atoms with Gasteiger partial charge in [0.1, 0.15) is 0 Å². The van der Waals surface area contributed by atoms with Crippen molar-refractivity contribution in [2.75, 3.05) is 9.80 Å². The van der Waals surface area contributed by atoms with E-state index in [1.807, 2.05) is 0 Å². The van der Waals surface area contributed by atoms with Crippen molar-refractivity contribution in [3.63, 3.8) is 0 Å². The molecule has 0 amide bonds. The molecule has 1 aliphatic heterocycles. The standard InChI is InChI=1S/C72H54N4/c1-71(2)57-27-15-11-23-47(57)53-39-45(31-35-59(53)71)73(43-19-7-5-8-20-43)63-37-33-49-55-41-66-56(42-65(55)75-61-29-17-13-25-51(61)67(63)69(49)75)50-34-38-64(68-52-26-14-18-30-62(52)76(66)70(50)68)74(44-21-9-6-10-22-44)46-32-36-60-54(40-46)48-24-12-16-28-58(48)72(60,3)4/h5-13,15-17,19-29,31-42,62H,14,18,30H2,1-4H3. The molecule has 4 heterocycles. The average molecular weight is 975 g/mol. The van der Waals surface area contributed by atoms with Gasteiger partial charge in [-0.05, 0) is 148 Å². The zero-order valence-electron chi connectivity index (χ0n) is 43.2. The van der Waals surface area contributed by atoms with E-state index in [9.17, 15) is 0 Å². The third-order valence-electron chi connectivity index (χ3n) is 18.6. The third-order valence-corrected chi connectivity index (χ3v) is 18.6. The first-order valence-electron chi connectivity index (χ1n) is 27.4. The summed E-state index contributed by atoms with van der Waals surface area (Å²) >= 11 is 0. The smallest absolute Gasteiger partial charge is 0.0641 e. The van der Waals surface area contributed by atoms with E-state index in [-0.39, 0.29) is 16.9 Å². The molecule has 0 spiro atoms. The summed E-state index contributed by atoms with van der Waals surface area (Å²) in [5, 5.41) is 7.78. The number of para-hydroxylation sites is 3. The molecule has 1 unspecified atom stereocenters.